The van der Waals surface area contributed by atoms with Gasteiger partial charge in [-0.2, -0.15) is 4.99 Å². The summed E-state index contributed by atoms with van der Waals surface area (Å²) in [6.07, 6.45) is 5.28. The predicted molar refractivity (Wildman–Crippen MR) is 113 cm³/mol. The summed E-state index contributed by atoms with van der Waals surface area (Å²) < 4.78 is 8.40. The summed E-state index contributed by atoms with van der Waals surface area (Å²) in [5.41, 5.74) is 2.75. The molecule has 1 aromatic heterocycles. The van der Waals surface area contributed by atoms with Crippen molar-refractivity contribution in [3.05, 3.63) is 45.8 Å². The zero-order valence-electron chi connectivity index (χ0n) is 17.6. The number of hydrogen-bond donors (Lipinski definition) is 0. The quantitative estimate of drug-likeness (QED) is 0.654. The second-order valence-corrected chi connectivity index (χ2v) is 9.14. The molecule has 0 N–H and O–H groups in total. The zero-order valence-corrected chi connectivity index (χ0v) is 18.4. The lowest BCUT2D eigenvalue weighted by Gasteiger charge is -2.19. The predicted octanol–water partition coefficient (Wildman–Crippen LogP) is 5.52. The van der Waals surface area contributed by atoms with Gasteiger partial charge in [0, 0.05) is 17.3 Å². The summed E-state index contributed by atoms with van der Waals surface area (Å²) in [5.74, 6) is 0.672. The van der Waals surface area contributed by atoms with E-state index < -0.39 is 0 Å². The van der Waals surface area contributed by atoms with Gasteiger partial charge in [-0.05, 0) is 68.8 Å². The van der Waals surface area contributed by atoms with Gasteiger partial charge in [0.05, 0.1) is 12.7 Å². The van der Waals surface area contributed by atoms with Crippen molar-refractivity contribution < 1.29 is 9.53 Å². The Morgan fingerprint density at radius 1 is 1.30 bits per heavy atom. The fourth-order valence-electron chi connectivity index (χ4n) is 2.74. The topological polar surface area (TPSA) is 43.6 Å². The molecule has 27 heavy (non-hydrogen) atoms. The van der Waals surface area contributed by atoms with E-state index in [1.165, 1.54) is 0 Å². The van der Waals surface area contributed by atoms with Crippen LogP contribution in [-0.2, 0) is 12.0 Å². The number of ether oxygens (including phenoxy) is 1. The Labute approximate surface area is 167 Å². The van der Waals surface area contributed by atoms with Gasteiger partial charge in [-0.3, -0.25) is 8.75 Å². The number of benzene rings is 1. The number of amides is 1. The fraction of sp³-hybridized carbons (Fsp3) is 0.545. The number of hydrogen-bond acceptors (Lipinski definition) is 3. The minimum Gasteiger partial charge on any atom is -0.496 e. The van der Waals surface area contributed by atoms with E-state index >= 15 is 0 Å². The molecular formula is C22H32N2O2S. The highest BCUT2D eigenvalue weighted by atomic mass is 32.1. The van der Waals surface area contributed by atoms with Gasteiger partial charge in [-0.1, -0.05) is 33.3 Å². The van der Waals surface area contributed by atoms with Crippen molar-refractivity contribution in [2.75, 3.05) is 7.11 Å². The number of carbonyl (C=O) groups excluding carboxylic acids is 1. The molecule has 4 nitrogen and oxygen atoms in total. The van der Waals surface area contributed by atoms with Crippen LogP contribution in [0.1, 0.15) is 81.8 Å². The van der Waals surface area contributed by atoms with Gasteiger partial charge in [-0.25, -0.2) is 0 Å². The second-order valence-electron chi connectivity index (χ2n) is 8.18. The summed E-state index contributed by atoms with van der Waals surface area (Å²) in [7, 11) is 1.59. The Kier molecular flexibility index (Phi) is 7.04. The molecule has 1 aromatic carbocycles. The molecule has 0 aliphatic rings. The molecule has 0 atom stereocenters. The third-order valence-corrected chi connectivity index (χ3v) is 5.89. The van der Waals surface area contributed by atoms with Crippen molar-refractivity contribution in [1.29, 1.82) is 0 Å². The first-order valence-electron chi connectivity index (χ1n) is 9.66. The maximum atomic E-state index is 13.0. The standard InChI is InChI=1S/C22H32N2O2S/c1-8-9-10-17-14-24(22(4,5)6)27-21(17)23-20(25)18-13-16(15(2)3)11-12-19(18)26-7/h11-15H,8-10H2,1-7H3. The lowest BCUT2D eigenvalue weighted by molar-refractivity contribution is 0.0996. The van der Waals surface area contributed by atoms with E-state index in [0.29, 0.717) is 17.2 Å². The smallest absolute Gasteiger partial charge is 0.282 e. The summed E-state index contributed by atoms with van der Waals surface area (Å²) in [5, 5.41) is 0. The van der Waals surface area contributed by atoms with E-state index in [2.05, 4.69) is 56.7 Å². The Morgan fingerprint density at radius 2 is 2.00 bits per heavy atom. The lowest BCUT2D eigenvalue weighted by Crippen LogP contribution is -2.18. The molecule has 0 saturated carbocycles. The maximum absolute atomic E-state index is 13.0. The van der Waals surface area contributed by atoms with Gasteiger partial charge in [-0.15, -0.1) is 0 Å². The Balaban J connectivity index is 2.53. The highest BCUT2D eigenvalue weighted by molar-refractivity contribution is 7.04. The minimum absolute atomic E-state index is 0.0301. The third kappa shape index (κ3) is 5.32. The van der Waals surface area contributed by atoms with Gasteiger partial charge in [0.15, 0.2) is 0 Å². The average Bonchev–Trinajstić information content (AvgIpc) is 3.02. The highest BCUT2D eigenvalue weighted by Crippen LogP contribution is 2.25. The van der Waals surface area contributed by atoms with Crippen LogP contribution in [0.4, 0.5) is 0 Å². The lowest BCUT2D eigenvalue weighted by atomic mass is 10.00. The molecule has 5 heteroatoms. The van der Waals surface area contributed by atoms with Crippen LogP contribution in [0.5, 0.6) is 5.75 Å². The van der Waals surface area contributed by atoms with Crippen LogP contribution >= 0.6 is 11.5 Å². The molecule has 0 radical (unpaired) electrons. The maximum Gasteiger partial charge on any atom is 0.282 e. The molecule has 1 heterocycles. The molecule has 2 rings (SSSR count). The van der Waals surface area contributed by atoms with Crippen LogP contribution in [0.25, 0.3) is 0 Å². The molecular weight excluding hydrogens is 356 g/mol. The summed E-state index contributed by atoms with van der Waals surface area (Å²) in [6, 6.07) is 5.78. The molecule has 0 spiro atoms. The van der Waals surface area contributed by atoms with Crippen LogP contribution in [0.3, 0.4) is 0 Å². The van der Waals surface area contributed by atoms with Gasteiger partial charge in [0.2, 0.25) is 0 Å². The van der Waals surface area contributed by atoms with Crippen LogP contribution in [0.15, 0.2) is 29.4 Å². The normalized spacial score (nSPS) is 12.7. The van der Waals surface area contributed by atoms with Crippen molar-refractivity contribution >= 4 is 17.4 Å². The second kappa shape index (κ2) is 8.87. The van der Waals surface area contributed by atoms with Crippen LogP contribution < -0.4 is 9.41 Å². The van der Waals surface area contributed by atoms with E-state index in [1.54, 1.807) is 18.6 Å². The van der Waals surface area contributed by atoms with Crippen LogP contribution in [0.2, 0.25) is 0 Å². The van der Waals surface area contributed by atoms with Crippen molar-refractivity contribution in [2.24, 2.45) is 4.99 Å². The van der Waals surface area contributed by atoms with Gasteiger partial charge >= 0.3 is 0 Å². The molecule has 0 fully saturated rings. The van der Waals surface area contributed by atoms with E-state index in [-0.39, 0.29) is 11.4 Å². The summed E-state index contributed by atoms with van der Waals surface area (Å²) in [4.78, 5) is 17.5. The zero-order chi connectivity index (χ0) is 20.2. The van der Waals surface area contributed by atoms with E-state index in [9.17, 15) is 4.79 Å². The van der Waals surface area contributed by atoms with Gasteiger partial charge < -0.3 is 4.74 Å². The largest absolute Gasteiger partial charge is 0.496 e. The molecule has 0 bridgehead atoms. The monoisotopic (exact) mass is 388 g/mol. The average molecular weight is 389 g/mol. The SMILES string of the molecule is CCCCc1cn(C(C)(C)C)sc1=NC(=O)c1cc(C(C)C)ccc1OC. The number of carbonyl (C=O) groups is 1. The molecule has 0 unspecified atom stereocenters. The number of aryl methyl sites for hydroxylation is 1. The molecule has 1 amide bonds. The van der Waals surface area contributed by atoms with Crippen LogP contribution in [0, 0.1) is 0 Å². The van der Waals surface area contributed by atoms with Gasteiger partial charge in [0.25, 0.3) is 5.91 Å². The summed E-state index contributed by atoms with van der Waals surface area (Å²) >= 11 is 1.55. The number of rotatable bonds is 6. The first-order valence-corrected chi connectivity index (χ1v) is 10.4. The number of methoxy groups -OCH3 is 1. The molecule has 0 aliphatic heterocycles. The van der Waals surface area contributed by atoms with E-state index in [0.717, 1.165) is 35.1 Å². The molecule has 2 aromatic rings. The van der Waals surface area contributed by atoms with Crippen molar-refractivity contribution in [1.82, 2.24) is 3.96 Å². The molecule has 148 valence electrons. The Hall–Kier alpha value is -1.88. The summed E-state index contributed by atoms with van der Waals surface area (Å²) in [6.45, 7) is 12.9. The minimum atomic E-state index is -0.241. The number of nitrogens with zero attached hydrogens (tertiary/aromatic N) is 2. The first kappa shape index (κ1) is 21.4. The molecule has 0 aliphatic carbocycles. The van der Waals surface area contributed by atoms with E-state index in [1.807, 2.05) is 18.2 Å². The van der Waals surface area contributed by atoms with Crippen molar-refractivity contribution in [2.45, 2.75) is 72.3 Å². The van der Waals surface area contributed by atoms with Gasteiger partial charge in [0.1, 0.15) is 10.4 Å². The third-order valence-electron chi connectivity index (χ3n) is 4.52. The fourth-order valence-corrected chi connectivity index (χ4v) is 3.78. The van der Waals surface area contributed by atoms with Crippen molar-refractivity contribution in [3.8, 4) is 5.75 Å². The Bertz CT molecular complexity index is 854. The number of aromatic nitrogens is 1. The Morgan fingerprint density at radius 3 is 2.56 bits per heavy atom. The van der Waals surface area contributed by atoms with Crippen molar-refractivity contribution in [3.63, 3.8) is 0 Å². The highest BCUT2D eigenvalue weighted by Gasteiger charge is 2.18. The number of unbranched alkanes of at least 4 members (excludes halogenated alkanes) is 1. The first-order chi connectivity index (χ1) is 12.7. The molecule has 0 saturated heterocycles. The van der Waals surface area contributed by atoms with Crippen LogP contribution in [-0.4, -0.2) is 17.0 Å². The van der Waals surface area contributed by atoms with E-state index in [4.69, 9.17) is 4.74 Å².